The molecule has 0 amide bonds. The second-order valence-corrected chi connectivity index (χ2v) is 9.78. The van der Waals surface area contributed by atoms with Gasteiger partial charge in [-0.1, -0.05) is 6.07 Å². The number of nitrogens with two attached hydrogens (primary N) is 1. The van der Waals surface area contributed by atoms with Crippen LogP contribution in [0.1, 0.15) is 5.56 Å². The molecule has 1 unspecified atom stereocenters. The van der Waals surface area contributed by atoms with E-state index in [1.807, 2.05) is 6.07 Å². The Kier molecular flexibility index (Phi) is 4.96. The van der Waals surface area contributed by atoms with Crippen LogP contribution in [0.15, 0.2) is 18.2 Å². The monoisotopic (exact) mass is 283 g/mol. The first-order chi connectivity index (χ1) is 8.73. The molecule has 1 aromatic rings. The Bertz CT molecular complexity index is 456. The van der Waals surface area contributed by atoms with Crippen molar-refractivity contribution in [2.45, 2.75) is 32.1 Å². The van der Waals surface area contributed by atoms with E-state index in [4.69, 9.17) is 20.0 Å². The molecule has 0 aliphatic heterocycles. The van der Waals surface area contributed by atoms with Crippen LogP contribution in [0.4, 0.5) is 0 Å². The molecular weight excluding hydrogens is 262 g/mol. The van der Waals surface area contributed by atoms with Crippen molar-refractivity contribution in [2.24, 2.45) is 5.73 Å². The number of ether oxygens (including phenoxy) is 1. The summed E-state index contributed by atoms with van der Waals surface area (Å²) in [7, 11) is -0.149. The lowest BCUT2D eigenvalue weighted by Gasteiger charge is -2.21. The molecule has 0 aliphatic carbocycles. The predicted molar refractivity (Wildman–Crippen MR) is 76.3 cm³/mol. The van der Waals surface area contributed by atoms with Crippen molar-refractivity contribution in [2.75, 3.05) is 7.11 Å². The van der Waals surface area contributed by atoms with Crippen LogP contribution in [0.2, 0.25) is 19.6 Å². The Morgan fingerprint density at radius 1 is 1.37 bits per heavy atom. The SMILES string of the molecule is COc1cc(CC(N)C(=O)O)ccc1O[Si](C)(C)C. The van der Waals surface area contributed by atoms with Crippen LogP contribution in [-0.4, -0.2) is 32.5 Å². The summed E-state index contributed by atoms with van der Waals surface area (Å²) < 4.78 is 11.2. The van der Waals surface area contributed by atoms with Crippen LogP contribution < -0.4 is 14.9 Å². The number of methoxy groups -OCH3 is 1. The average molecular weight is 283 g/mol. The van der Waals surface area contributed by atoms with E-state index in [2.05, 4.69) is 19.6 Å². The Hall–Kier alpha value is -1.53. The number of hydrogen-bond acceptors (Lipinski definition) is 4. The number of rotatable bonds is 6. The highest BCUT2D eigenvalue weighted by atomic mass is 28.4. The second-order valence-electron chi connectivity index (χ2n) is 5.35. The van der Waals surface area contributed by atoms with Gasteiger partial charge in [-0.25, -0.2) is 0 Å². The number of carboxylic acids is 1. The summed E-state index contributed by atoms with van der Waals surface area (Å²) in [5.41, 5.74) is 6.33. The third-order valence-corrected chi connectivity index (χ3v) is 3.25. The van der Waals surface area contributed by atoms with E-state index < -0.39 is 20.3 Å². The Balaban J connectivity index is 2.93. The number of aliphatic carboxylic acids is 1. The molecule has 0 spiro atoms. The van der Waals surface area contributed by atoms with Gasteiger partial charge in [-0.3, -0.25) is 4.79 Å². The highest BCUT2D eigenvalue weighted by molar-refractivity contribution is 6.70. The molecule has 0 heterocycles. The minimum Gasteiger partial charge on any atom is -0.542 e. The molecular formula is C13H21NO4Si. The first-order valence-corrected chi connectivity index (χ1v) is 9.48. The van der Waals surface area contributed by atoms with E-state index in [1.165, 1.54) is 0 Å². The molecule has 0 bridgehead atoms. The van der Waals surface area contributed by atoms with E-state index in [0.29, 0.717) is 11.5 Å². The predicted octanol–water partition coefficient (Wildman–Crippen LogP) is 1.86. The molecule has 0 saturated carbocycles. The molecule has 0 aliphatic rings. The van der Waals surface area contributed by atoms with Crippen LogP contribution >= 0.6 is 0 Å². The maximum Gasteiger partial charge on any atom is 0.320 e. The highest BCUT2D eigenvalue weighted by Crippen LogP contribution is 2.30. The molecule has 5 nitrogen and oxygen atoms in total. The van der Waals surface area contributed by atoms with Gasteiger partial charge in [0.25, 0.3) is 0 Å². The van der Waals surface area contributed by atoms with Gasteiger partial charge in [0.2, 0.25) is 8.32 Å². The first kappa shape index (κ1) is 15.5. The highest BCUT2D eigenvalue weighted by Gasteiger charge is 2.19. The van der Waals surface area contributed by atoms with Crippen molar-refractivity contribution >= 4 is 14.3 Å². The fourth-order valence-electron chi connectivity index (χ4n) is 1.59. The maximum atomic E-state index is 10.7. The lowest BCUT2D eigenvalue weighted by atomic mass is 10.1. The van der Waals surface area contributed by atoms with Crippen molar-refractivity contribution in [3.05, 3.63) is 23.8 Å². The molecule has 0 saturated heterocycles. The fourth-order valence-corrected chi connectivity index (χ4v) is 2.42. The van der Waals surface area contributed by atoms with Gasteiger partial charge in [0.1, 0.15) is 11.8 Å². The largest absolute Gasteiger partial charge is 0.542 e. The summed E-state index contributed by atoms with van der Waals surface area (Å²) in [4.78, 5) is 10.7. The van der Waals surface area contributed by atoms with Crippen LogP contribution in [0.25, 0.3) is 0 Å². The van der Waals surface area contributed by atoms with E-state index in [-0.39, 0.29) is 6.42 Å². The summed E-state index contributed by atoms with van der Waals surface area (Å²) in [6.07, 6.45) is 0.263. The summed E-state index contributed by atoms with van der Waals surface area (Å²) in [6, 6.07) is 4.49. The van der Waals surface area contributed by atoms with Crippen molar-refractivity contribution in [1.82, 2.24) is 0 Å². The maximum absolute atomic E-state index is 10.7. The summed E-state index contributed by atoms with van der Waals surface area (Å²) in [6.45, 7) is 6.25. The number of hydrogen-bond donors (Lipinski definition) is 2. The molecule has 1 aromatic carbocycles. The number of carbonyl (C=O) groups is 1. The summed E-state index contributed by atoms with van der Waals surface area (Å²) >= 11 is 0. The Morgan fingerprint density at radius 2 is 2.00 bits per heavy atom. The molecule has 1 rings (SSSR count). The minimum absolute atomic E-state index is 0.263. The van der Waals surface area contributed by atoms with E-state index in [0.717, 1.165) is 5.56 Å². The van der Waals surface area contributed by atoms with Crippen molar-refractivity contribution < 1.29 is 19.1 Å². The van der Waals surface area contributed by atoms with Crippen LogP contribution in [0.5, 0.6) is 11.5 Å². The van der Waals surface area contributed by atoms with Gasteiger partial charge in [-0.05, 0) is 43.8 Å². The van der Waals surface area contributed by atoms with Gasteiger partial charge < -0.3 is 20.0 Å². The van der Waals surface area contributed by atoms with Crippen LogP contribution in [0, 0.1) is 0 Å². The summed E-state index contributed by atoms with van der Waals surface area (Å²) in [5, 5.41) is 8.80. The van der Waals surface area contributed by atoms with E-state index in [1.54, 1.807) is 19.2 Å². The third-order valence-electron chi connectivity index (χ3n) is 2.42. The number of carboxylic acid groups (broad SMARTS) is 1. The van der Waals surface area contributed by atoms with Gasteiger partial charge in [0.05, 0.1) is 7.11 Å². The molecule has 0 fully saturated rings. The molecule has 1 atom stereocenters. The third kappa shape index (κ3) is 4.92. The molecule has 106 valence electrons. The van der Waals surface area contributed by atoms with Gasteiger partial charge in [-0.15, -0.1) is 0 Å². The van der Waals surface area contributed by atoms with Crippen LogP contribution in [0.3, 0.4) is 0 Å². The van der Waals surface area contributed by atoms with Gasteiger partial charge in [0, 0.05) is 0 Å². The zero-order chi connectivity index (χ0) is 14.6. The molecule has 0 radical (unpaired) electrons. The quantitative estimate of drug-likeness (QED) is 0.779. The second kappa shape index (κ2) is 6.07. The van der Waals surface area contributed by atoms with Crippen molar-refractivity contribution in [3.8, 4) is 11.5 Å². The zero-order valence-corrected chi connectivity index (χ0v) is 12.8. The first-order valence-electron chi connectivity index (χ1n) is 6.07. The van der Waals surface area contributed by atoms with E-state index >= 15 is 0 Å². The lowest BCUT2D eigenvalue weighted by Crippen LogP contribution is -2.32. The fraction of sp³-hybridized carbons (Fsp3) is 0.462. The molecule has 3 N–H and O–H groups in total. The summed E-state index contributed by atoms with van der Waals surface area (Å²) in [5.74, 6) is 0.285. The Labute approximate surface area is 114 Å². The van der Waals surface area contributed by atoms with Gasteiger partial charge >= 0.3 is 5.97 Å². The zero-order valence-electron chi connectivity index (χ0n) is 11.8. The molecule has 6 heteroatoms. The molecule has 0 aromatic heterocycles. The lowest BCUT2D eigenvalue weighted by molar-refractivity contribution is -0.138. The van der Waals surface area contributed by atoms with Crippen molar-refractivity contribution in [1.29, 1.82) is 0 Å². The van der Waals surface area contributed by atoms with E-state index in [9.17, 15) is 4.79 Å². The standard InChI is InChI=1S/C13H21NO4Si/c1-17-12-8-9(7-10(14)13(15)16)5-6-11(12)18-19(2,3)4/h5-6,8,10H,7,14H2,1-4H3,(H,15,16). The van der Waals surface area contributed by atoms with Crippen LogP contribution in [-0.2, 0) is 11.2 Å². The smallest absolute Gasteiger partial charge is 0.320 e. The number of benzene rings is 1. The normalized spacial score (nSPS) is 12.9. The van der Waals surface area contributed by atoms with Gasteiger partial charge in [-0.2, -0.15) is 0 Å². The Morgan fingerprint density at radius 3 is 2.47 bits per heavy atom. The van der Waals surface area contributed by atoms with Crippen molar-refractivity contribution in [3.63, 3.8) is 0 Å². The topological polar surface area (TPSA) is 81.8 Å². The van der Waals surface area contributed by atoms with Gasteiger partial charge in [0.15, 0.2) is 5.75 Å². The molecule has 19 heavy (non-hydrogen) atoms. The minimum atomic E-state index is -1.71. The average Bonchev–Trinajstić information content (AvgIpc) is 2.29.